The largest absolute Gasteiger partial charge is 0.329 e. The molecule has 102 valence electrons. The Morgan fingerprint density at radius 2 is 2.11 bits per heavy atom. The van der Waals surface area contributed by atoms with Crippen LogP contribution in [0.5, 0.6) is 0 Å². The Bertz CT molecular complexity index is 503. The Morgan fingerprint density at radius 1 is 1.44 bits per heavy atom. The van der Waals surface area contributed by atoms with Crippen LogP contribution in [0.2, 0.25) is 0 Å². The second-order valence-corrected chi connectivity index (χ2v) is 6.85. The van der Waals surface area contributed by atoms with E-state index in [1.807, 2.05) is 13.0 Å². The molecular formula is C12H19BrN2O2S. The number of benzene rings is 1. The average Bonchev–Trinajstić information content (AvgIpc) is 2.31. The van der Waals surface area contributed by atoms with Crippen molar-refractivity contribution < 1.29 is 8.42 Å². The number of aryl methyl sites for hydroxylation is 1. The number of rotatable bonds is 6. The van der Waals surface area contributed by atoms with Crippen molar-refractivity contribution in [1.29, 1.82) is 0 Å². The van der Waals surface area contributed by atoms with Crippen molar-refractivity contribution >= 4 is 26.0 Å². The van der Waals surface area contributed by atoms with Gasteiger partial charge in [-0.3, -0.25) is 0 Å². The molecule has 0 saturated carbocycles. The highest BCUT2D eigenvalue weighted by Crippen LogP contribution is 2.20. The van der Waals surface area contributed by atoms with Crippen molar-refractivity contribution in [3.63, 3.8) is 0 Å². The van der Waals surface area contributed by atoms with Crippen LogP contribution in [0, 0.1) is 6.92 Å². The molecule has 0 aliphatic rings. The van der Waals surface area contributed by atoms with Crippen LogP contribution in [-0.2, 0) is 10.0 Å². The molecule has 1 atom stereocenters. The fourth-order valence-corrected chi connectivity index (χ4v) is 3.79. The second-order valence-electron chi connectivity index (χ2n) is 4.25. The Kier molecular flexibility index (Phi) is 5.78. The summed E-state index contributed by atoms with van der Waals surface area (Å²) in [5.41, 5.74) is 6.30. The molecule has 1 aromatic carbocycles. The Morgan fingerprint density at radius 3 is 2.67 bits per heavy atom. The fourth-order valence-electron chi connectivity index (χ4n) is 1.72. The number of halogens is 1. The summed E-state index contributed by atoms with van der Waals surface area (Å²) in [7, 11) is -3.51. The maximum atomic E-state index is 12.3. The molecule has 1 aromatic rings. The maximum Gasteiger partial charge on any atom is 0.241 e. The SMILES string of the molecule is CCCC(CN)NS(=O)(=O)c1cc(Br)ccc1C. The molecule has 0 amide bonds. The third-order valence-electron chi connectivity index (χ3n) is 2.68. The van der Waals surface area contributed by atoms with Crippen molar-refractivity contribution in [3.8, 4) is 0 Å². The number of nitrogens with one attached hydrogen (secondary N) is 1. The van der Waals surface area contributed by atoms with Gasteiger partial charge in [0.25, 0.3) is 0 Å². The molecule has 0 bridgehead atoms. The van der Waals surface area contributed by atoms with Crippen LogP contribution >= 0.6 is 15.9 Å². The second kappa shape index (κ2) is 6.65. The minimum absolute atomic E-state index is 0.210. The van der Waals surface area contributed by atoms with Crippen molar-refractivity contribution in [2.24, 2.45) is 5.73 Å². The van der Waals surface area contributed by atoms with Gasteiger partial charge in [-0.15, -0.1) is 0 Å². The first-order valence-electron chi connectivity index (χ1n) is 5.89. The van der Waals surface area contributed by atoms with E-state index in [1.165, 1.54) is 0 Å². The van der Waals surface area contributed by atoms with Gasteiger partial charge in [-0.05, 0) is 31.0 Å². The number of sulfonamides is 1. The lowest BCUT2D eigenvalue weighted by Gasteiger charge is -2.17. The molecule has 0 saturated heterocycles. The molecule has 6 heteroatoms. The normalized spacial score (nSPS) is 13.6. The monoisotopic (exact) mass is 334 g/mol. The van der Waals surface area contributed by atoms with E-state index in [0.29, 0.717) is 11.4 Å². The third-order valence-corrected chi connectivity index (χ3v) is 4.84. The molecule has 0 aliphatic heterocycles. The molecule has 0 aliphatic carbocycles. The van der Waals surface area contributed by atoms with E-state index >= 15 is 0 Å². The van der Waals surface area contributed by atoms with Gasteiger partial charge in [0.15, 0.2) is 0 Å². The highest BCUT2D eigenvalue weighted by atomic mass is 79.9. The van der Waals surface area contributed by atoms with Gasteiger partial charge in [-0.25, -0.2) is 13.1 Å². The Hall–Kier alpha value is -0.430. The molecule has 0 spiro atoms. The van der Waals surface area contributed by atoms with Gasteiger partial charge in [-0.2, -0.15) is 0 Å². The predicted octanol–water partition coefficient (Wildman–Crippen LogP) is 2.16. The summed E-state index contributed by atoms with van der Waals surface area (Å²) in [4.78, 5) is 0.298. The minimum atomic E-state index is -3.51. The summed E-state index contributed by atoms with van der Waals surface area (Å²) in [6.07, 6.45) is 1.63. The zero-order valence-electron chi connectivity index (χ0n) is 10.6. The molecule has 0 aromatic heterocycles. The van der Waals surface area contributed by atoms with Crippen LogP contribution in [0.1, 0.15) is 25.3 Å². The summed E-state index contributed by atoms with van der Waals surface area (Å²) < 4.78 is 27.9. The number of hydrogen-bond donors (Lipinski definition) is 2. The summed E-state index contributed by atoms with van der Waals surface area (Å²) in [6, 6.07) is 4.99. The highest BCUT2D eigenvalue weighted by Gasteiger charge is 2.20. The predicted molar refractivity (Wildman–Crippen MR) is 77.0 cm³/mol. The first-order chi connectivity index (χ1) is 8.40. The Balaban J connectivity index is 3.02. The van der Waals surface area contributed by atoms with Crippen LogP contribution in [-0.4, -0.2) is 21.0 Å². The highest BCUT2D eigenvalue weighted by molar-refractivity contribution is 9.10. The van der Waals surface area contributed by atoms with Gasteiger partial charge < -0.3 is 5.73 Å². The summed E-state index contributed by atoms with van der Waals surface area (Å²) in [6.45, 7) is 4.08. The standard InChI is InChI=1S/C12H19BrN2O2S/c1-3-4-11(8-14)15-18(16,17)12-7-10(13)6-5-9(12)2/h5-7,11,15H,3-4,8,14H2,1-2H3. The van der Waals surface area contributed by atoms with E-state index in [1.54, 1.807) is 19.1 Å². The van der Waals surface area contributed by atoms with E-state index in [0.717, 1.165) is 22.9 Å². The van der Waals surface area contributed by atoms with E-state index in [-0.39, 0.29) is 6.04 Å². The topological polar surface area (TPSA) is 72.2 Å². The molecule has 0 heterocycles. The van der Waals surface area contributed by atoms with Crippen LogP contribution in [0.15, 0.2) is 27.6 Å². The third kappa shape index (κ3) is 4.05. The first-order valence-corrected chi connectivity index (χ1v) is 8.17. The van der Waals surface area contributed by atoms with Gasteiger partial charge >= 0.3 is 0 Å². The molecule has 3 N–H and O–H groups in total. The maximum absolute atomic E-state index is 12.3. The zero-order chi connectivity index (χ0) is 13.8. The van der Waals surface area contributed by atoms with E-state index < -0.39 is 10.0 Å². The van der Waals surface area contributed by atoms with E-state index in [9.17, 15) is 8.42 Å². The first kappa shape index (κ1) is 15.6. The smallest absolute Gasteiger partial charge is 0.241 e. The van der Waals surface area contributed by atoms with E-state index in [4.69, 9.17) is 5.73 Å². The number of nitrogens with two attached hydrogens (primary N) is 1. The van der Waals surface area contributed by atoms with Crippen molar-refractivity contribution in [2.45, 2.75) is 37.6 Å². The van der Waals surface area contributed by atoms with Crippen molar-refractivity contribution in [3.05, 3.63) is 28.2 Å². The molecular weight excluding hydrogens is 316 g/mol. The Labute approximate surface area is 117 Å². The van der Waals surface area contributed by atoms with Crippen LogP contribution in [0.4, 0.5) is 0 Å². The van der Waals surface area contributed by atoms with Crippen LogP contribution < -0.4 is 10.5 Å². The van der Waals surface area contributed by atoms with Gasteiger partial charge in [0.1, 0.15) is 0 Å². The van der Waals surface area contributed by atoms with Gasteiger partial charge in [0.2, 0.25) is 10.0 Å². The zero-order valence-corrected chi connectivity index (χ0v) is 13.0. The minimum Gasteiger partial charge on any atom is -0.329 e. The fraction of sp³-hybridized carbons (Fsp3) is 0.500. The number of hydrogen-bond acceptors (Lipinski definition) is 3. The summed E-state index contributed by atoms with van der Waals surface area (Å²) >= 11 is 3.29. The van der Waals surface area contributed by atoms with Crippen LogP contribution in [0.3, 0.4) is 0 Å². The van der Waals surface area contributed by atoms with Gasteiger partial charge in [0.05, 0.1) is 4.90 Å². The summed E-state index contributed by atoms with van der Waals surface area (Å²) in [5, 5.41) is 0. The van der Waals surface area contributed by atoms with Gasteiger partial charge in [-0.1, -0.05) is 35.3 Å². The molecule has 0 fully saturated rings. The van der Waals surface area contributed by atoms with E-state index in [2.05, 4.69) is 20.7 Å². The molecule has 4 nitrogen and oxygen atoms in total. The van der Waals surface area contributed by atoms with Crippen LogP contribution in [0.25, 0.3) is 0 Å². The van der Waals surface area contributed by atoms with Crippen molar-refractivity contribution in [2.75, 3.05) is 6.54 Å². The quantitative estimate of drug-likeness (QED) is 0.837. The van der Waals surface area contributed by atoms with Crippen molar-refractivity contribution in [1.82, 2.24) is 4.72 Å². The average molecular weight is 335 g/mol. The lowest BCUT2D eigenvalue weighted by atomic mass is 10.2. The summed E-state index contributed by atoms with van der Waals surface area (Å²) in [5.74, 6) is 0. The lowest BCUT2D eigenvalue weighted by molar-refractivity contribution is 0.526. The lowest BCUT2D eigenvalue weighted by Crippen LogP contribution is -2.40. The molecule has 18 heavy (non-hydrogen) atoms. The molecule has 1 rings (SSSR count). The molecule has 0 radical (unpaired) electrons. The molecule has 1 unspecified atom stereocenters. The van der Waals surface area contributed by atoms with Gasteiger partial charge in [0, 0.05) is 17.1 Å².